The highest BCUT2D eigenvalue weighted by molar-refractivity contribution is 5.82. The average molecular weight is 279 g/mol. The quantitative estimate of drug-likeness (QED) is 0.797. The van der Waals surface area contributed by atoms with Gasteiger partial charge in [0.2, 0.25) is 0 Å². The number of para-hydroxylation sites is 1. The fourth-order valence-electron chi connectivity index (χ4n) is 2.29. The maximum absolute atomic E-state index is 5.82. The minimum atomic E-state index is 0.439. The van der Waals surface area contributed by atoms with Crippen molar-refractivity contribution >= 4 is 10.9 Å². The van der Waals surface area contributed by atoms with E-state index >= 15 is 0 Å². The fourth-order valence-corrected chi connectivity index (χ4v) is 2.29. The van der Waals surface area contributed by atoms with Gasteiger partial charge < -0.3 is 10.5 Å². The molecule has 2 N–H and O–H groups in total. The fraction of sp³-hybridized carbons (Fsp3) is 0.176. The molecule has 4 heteroatoms. The van der Waals surface area contributed by atoms with Gasteiger partial charge in [0, 0.05) is 23.2 Å². The van der Waals surface area contributed by atoms with Gasteiger partial charge >= 0.3 is 0 Å². The Balaban J connectivity index is 1.84. The number of aryl methyl sites for hydroxylation is 1. The van der Waals surface area contributed by atoms with Gasteiger partial charge in [0.15, 0.2) is 0 Å². The lowest BCUT2D eigenvalue weighted by atomic mass is 10.1. The summed E-state index contributed by atoms with van der Waals surface area (Å²) in [6.45, 7) is 2.93. The molecule has 0 atom stereocenters. The van der Waals surface area contributed by atoms with E-state index in [1.807, 2.05) is 37.3 Å². The van der Waals surface area contributed by atoms with Crippen LogP contribution in [0.1, 0.15) is 17.0 Å². The first kappa shape index (κ1) is 13.5. The molecule has 0 aliphatic carbocycles. The highest BCUT2D eigenvalue weighted by Crippen LogP contribution is 2.20. The molecule has 0 aliphatic rings. The van der Waals surface area contributed by atoms with Crippen LogP contribution in [0, 0.1) is 6.92 Å². The van der Waals surface area contributed by atoms with Crippen LogP contribution in [0.25, 0.3) is 10.9 Å². The van der Waals surface area contributed by atoms with Gasteiger partial charge in [0.25, 0.3) is 0 Å². The maximum atomic E-state index is 5.82. The van der Waals surface area contributed by atoms with E-state index in [9.17, 15) is 0 Å². The van der Waals surface area contributed by atoms with Gasteiger partial charge in [-0.15, -0.1) is 0 Å². The second-order valence-electron chi connectivity index (χ2n) is 4.92. The van der Waals surface area contributed by atoms with Crippen LogP contribution in [-0.2, 0) is 13.2 Å². The van der Waals surface area contributed by atoms with Crippen molar-refractivity contribution in [2.75, 3.05) is 0 Å². The van der Waals surface area contributed by atoms with Crippen molar-refractivity contribution in [2.24, 2.45) is 5.73 Å². The lowest BCUT2D eigenvalue weighted by Crippen LogP contribution is -2.01. The molecule has 0 fully saturated rings. The Kier molecular flexibility index (Phi) is 3.79. The van der Waals surface area contributed by atoms with Crippen LogP contribution in [0.4, 0.5) is 0 Å². The van der Waals surface area contributed by atoms with E-state index < -0.39 is 0 Å². The molecule has 0 unspecified atom stereocenters. The summed E-state index contributed by atoms with van der Waals surface area (Å²) in [5.74, 6) is 0.741. The lowest BCUT2D eigenvalue weighted by molar-refractivity contribution is 0.306. The highest BCUT2D eigenvalue weighted by atomic mass is 16.5. The van der Waals surface area contributed by atoms with E-state index in [0.29, 0.717) is 13.2 Å². The summed E-state index contributed by atoms with van der Waals surface area (Å²) in [4.78, 5) is 8.76. The van der Waals surface area contributed by atoms with E-state index in [0.717, 1.165) is 33.6 Å². The molecule has 21 heavy (non-hydrogen) atoms. The van der Waals surface area contributed by atoms with E-state index in [1.54, 1.807) is 6.20 Å². The lowest BCUT2D eigenvalue weighted by Gasteiger charge is -2.10. The van der Waals surface area contributed by atoms with Gasteiger partial charge in [-0.3, -0.25) is 9.97 Å². The molecule has 0 bridgehead atoms. The summed E-state index contributed by atoms with van der Waals surface area (Å²) >= 11 is 0. The van der Waals surface area contributed by atoms with Crippen LogP contribution in [-0.4, -0.2) is 9.97 Å². The largest absolute Gasteiger partial charge is 0.487 e. The first-order valence-corrected chi connectivity index (χ1v) is 6.89. The molecule has 0 saturated heterocycles. The summed E-state index contributed by atoms with van der Waals surface area (Å²) in [7, 11) is 0. The predicted molar refractivity (Wildman–Crippen MR) is 82.9 cm³/mol. The van der Waals surface area contributed by atoms with Crippen LogP contribution < -0.4 is 10.5 Å². The molecule has 106 valence electrons. The van der Waals surface area contributed by atoms with Crippen molar-refractivity contribution in [2.45, 2.75) is 20.1 Å². The van der Waals surface area contributed by atoms with E-state index in [2.05, 4.69) is 22.1 Å². The first-order valence-electron chi connectivity index (χ1n) is 6.89. The van der Waals surface area contributed by atoms with Crippen molar-refractivity contribution in [3.05, 3.63) is 65.6 Å². The molecule has 2 heterocycles. The van der Waals surface area contributed by atoms with Crippen LogP contribution in [0.2, 0.25) is 0 Å². The Morgan fingerprint density at radius 3 is 2.76 bits per heavy atom. The predicted octanol–water partition coefficient (Wildman–Crippen LogP) is 2.98. The molecule has 1 aromatic carbocycles. The van der Waals surface area contributed by atoms with E-state index in [1.165, 1.54) is 0 Å². The Hall–Kier alpha value is -2.46. The standard InChI is InChI=1S/C17H17N3O/c1-12-8-13(16-4-2-3-5-17(16)20-12)11-21-15-7-6-14(9-18)19-10-15/h2-8,10H,9,11,18H2,1H3. The zero-order valence-electron chi connectivity index (χ0n) is 11.9. The van der Waals surface area contributed by atoms with Gasteiger partial charge in [-0.25, -0.2) is 0 Å². The van der Waals surface area contributed by atoms with Gasteiger partial charge in [0.1, 0.15) is 12.4 Å². The molecule has 0 radical (unpaired) electrons. The Bertz CT molecular complexity index is 754. The third-order valence-corrected chi connectivity index (χ3v) is 3.33. The smallest absolute Gasteiger partial charge is 0.138 e. The molecule has 0 aliphatic heterocycles. The van der Waals surface area contributed by atoms with Crippen LogP contribution >= 0.6 is 0 Å². The second kappa shape index (κ2) is 5.89. The third-order valence-electron chi connectivity index (χ3n) is 3.33. The van der Waals surface area contributed by atoms with Crippen molar-refractivity contribution < 1.29 is 4.74 Å². The normalized spacial score (nSPS) is 10.8. The minimum absolute atomic E-state index is 0.439. The number of hydrogen-bond donors (Lipinski definition) is 1. The number of aromatic nitrogens is 2. The summed E-state index contributed by atoms with van der Waals surface area (Å²) < 4.78 is 5.82. The number of fused-ring (bicyclic) bond motifs is 1. The number of hydrogen-bond acceptors (Lipinski definition) is 4. The van der Waals surface area contributed by atoms with Crippen LogP contribution in [0.3, 0.4) is 0 Å². The highest BCUT2D eigenvalue weighted by Gasteiger charge is 2.05. The van der Waals surface area contributed by atoms with Gasteiger partial charge in [-0.2, -0.15) is 0 Å². The first-order chi connectivity index (χ1) is 10.3. The molecule has 2 aromatic heterocycles. The van der Waals surface area contributed by atoms with Crippen LogP contribution in [0.5, 0.6) is 5.75 Å². The molecular weight excluding hydrogens is 262 g/mol. The number of rotatable bonds is 4. The molecule has 3 aromatic rings. The van der Waals surface area contributed by atoms with Crippen molar-refractivity contribution in [3.8, 4) is 5.75 Å². The molecule has 4 nitrogen and oxygen atoms in total. The summed E-state index contributed by atoms with van der Waals surface area (Å²) in [5.41, 5.74) is 9.50. The molecule has 3 rings (SSSR count). The zero-order valence-corrected chi connectivity index (χ0v) is 11.9. The monoisotopic (exact) mass is 279 g/mol. The van der Waals surface area contributed by atoms with Gasteiger partial charge in [0.05, 0.1) is 17.4 Å². The molecule has 0 spiro atoms. The Labute approximate surface area is 123 Å². The molecule has 0 saturated carbocycles. The van der Waals surface area contributed by atoms with Crippen molar-refractivity contribution in [1.29, 1.82) is 0 Å². The average Bonchev–Trinajstić information content (AvgIpc) is 2.53. The molecule has 0 amide bonds. The van der Waals surface area contributed by atoms with Crippen LogP contribution in [0.15, 0.2) is 48.7 Å². The number of nitrogens with zero attached hydrogens (tertiary/aromatic N) is 2. The van der Waals surface area contributed by atoms with Gasteiger partial charge in [-0.05, 0) is 31.2 Å². The number of ether oxygens (including phenoxy) is 1. The number of benzene rings is 1. The SMILES string of the molecule is Cc1cc(COc2ccc(CN)nc2)c2ccccc2n1. The topological polar surface area (TPSA) is 61.0 Å². The van der Waals surface area contributed by atoms with Crippen molar-refractivity contribution in [1.82, 2.24) is 9.97 Å². The number of nitrogens with two attached hydrogens (primary N) is 1. The summed E-state index contributed by atoms with van der Waals surface area (Å²) in [5, 5.41) is 1.12. The van der Waals surface area contributed by atoms with E-state index in [4.69, 9.17) is 10.5 Å². The van der Waals surface area contributed by atoms with Crippen molar-refractivity contribution in [3.63, 3.8) is 0 Å². The Morgan fingerprint density at radius 2 is 2.00 bits per heavy atom. The summed E-state index contributed by atoms with van der Waals surface area (Å²) in [6.07, 6.45) is 1.71. The third kappa shape index (κ3) is 3.01. The van der Waals surface area contributed by atoms with E-state index in [-0.39, 0.29) is 0 Å². The molecular formula is C17H17N3O. The summed E-state index contributed by atoms with van der Waals surface area (Å²) in [6, 6.07) is 13.9. The second-order valence-corrected chi connectivity index (χ2v) is 4.92. The minimum Gasteiger partial charge on any atom is -0.487 e. The Morgan fingerprint density at radius 1 is 1.14 bits per heavy atom. The van der Waals surface area contributed by atoms with Gasteiger partial charge in [-0.1, -0.05) is 18.2 Å². The number of pyridine rings is 2. The maximum Gasteiger partial charge on any atom is 0.138 e. The zero-order chi connectivity index (χ0) is 14.7.